The average molecular weight is 443 g/mol. The van der Waals surface area contributed by atoms with Crippen molar-refractivity contribution in [3.8, 4) is 0 Å². The van der Waals surface area contributed by atoms with E-state index in [9.17, 15) is 13.2 Å². The molecule has 0 aromatic heterocycles. The highest BCUT2D eigenvalue weighted by Gasteiger charge is 2.25. The largest absolute Gasteiger partial charge is 0.377 e. The number of likely N-dealkylation sites (tertiary alicyclic amines) is 1. The van der Waals surface area contributed by atoms with E-state index in [1.807, 2.05) is 11.0 Å². The molecule has 6 nitrogen and oxygen atoms in total. The Kier molecular flexibility index (Phi) is 7.05. The number of nitrogens with one attached hydrogen (secondary N) is 1. The first-order valence-corrected chi connectivity index (χ1v) is 12.5. The van der Waals surface area contributed by atoms with Crippen LogP contribution in [0.15, 0.2) is 59.5 Å². The second-order valence-electron chi connectivity index (χ2n) is 8.44. The molecule has 2 aromatic rings. The normalized spacial score (nSPS) is 20.1. The van der Waals surface area contributed by atoms with Crippen LogP contribution in [0.25, 0.3) is 0 Å². The van der Waals surface area contributed by atoms with Gasteiger partial charge in [0.1, 0.15) is 0 Å². The summed E-state index contributed by atoms with van der Waals surface area (Å²) in [5.74, 6) is 0.559. The minimum absolute atomic E-state index is 0.0329. The van der Waals surface area contributed by atoms with Gasteiger partial charge in [-0.05, 0) is 67.9 Å². The van der Waals surface area contributed by atoms with Gasteiger partial charge in [0.05, 0.1) is 11.0 Å². The van der Waals surface area contributed by atoms with Crippen LogP contribution >= 0.6 is 0 Å². The zero-order chi connectivity index (χ0) is 21.7. The van der Waals surface area contributed by atoms with Crippen molar-refractivity contribution in [3.05, 3.63) is 65.7 Å². The van der Waals surface area contributed by atoms with Gasteiger partial charge in [0.2, 0.25) is 10.0 Å². The lowest BCUT2D eigenvalue weighted by Gasteiger charge is -2.32. The molecule has 0 bridgehead atoms. The second-order valence-corrected chi connectivity index (χ2v) is 10.2. The molecule has 1 atom stereocenters. The molecule has 7 heteroatoms. The number of hydrogen-bond acceptors (Lipinski definition) is 4. The van der Waals surface area contributed by atoms with Gasteiger partial charge in [-0.3, -0.25) is 4.79 Å². The third-order valence-electron chi connectivity index (χ3n) is 6.21. The number of nitrogens with zero attached hydrogens (tertiary/aromatic N) is 1. The summed E-state index contributed by atoms with van der Waals surface area (Å²) in [6.45, 7) is 2.44. The third-order valence-corrected chi connectivity index (χ3v) is 7.65. The van der Waals surface area contributed by atoms with Crippen molar-refractivity contribution in [1.82, 2.24) is 9.62 Å². The summed E-state index contributed by atoms with van der Waals surface area (Å²) in [4.78, 5) is 14.9. The number of hydrogen-bond donors (Lipinski definition) is 1. The molecular weight excluding hydrogens is 412 g/mol. The number of carbonyl (C=O) groups is 1. The Labute approximate surface area is 184 Å². The summed E-state index contributed by atoms with van der Waals surface area (Å²) >= 11 is 0. The SMILES string of the molecule is O=C(c1ccc(S(=O)(=O)NCC2CCCO2)cc1)N1CCC(Cc2ccccc2)CC1. The van der Waals surface area contributed by atoms with E-state index in [0.29, 0.717) is 18.1 Å². The fourth-order valence-corrected chi connectivity index (χ4v) is 5.40. The maximum Gasteiger partial charge on any atom is 0.253 e. The second kappa shape index (κ2) is 9.94. The lowest BCUT2D eigenvalue weighted by Crippen LogP contribution is -2.39. The van der Waals surface area contributed by atoms with Crippen molar-refractivity contribution in [2.24, 2.45) is 5.92 Å². The van der Waals surface area contributed by atoms with E-state index in [4.69, 9.17) is 4.74 Å². The molecule has 0 saturated carbocycles. The summed E-state index contributed by atoms with van der Waals surface area (Å²) in [7, 11) is -3.61. The Balaban J connectivity index is 1.30. The summed E-state index contributed by atoms with van der Waals surface area (Å²) in [5, 5.41) is 0. The van der Waals surface area contributed by atoms with Gasteiger partial charge in [-0.2, -0.15) is 0 Å². The number of benzene rings is 2. The van der Waals surface area contributed by atoms with Gasteiger partial charge in [-0.15, -0.1) is 0 Å². The monoisotopic (exact) mass is 442 g/mol. The Hall–Kier alpha value is -2.22. The lowest BCUT2D eigenvalue weighted by molar-refractivity contribution is 0.0690. The molecule has 166 valence electrons. The fraction of sp³-hybridized carbons (Fsp3) is 0.458. The summed E-state index contributed by atoms with van der Waals surface area (Å²) < 4.78 is 33.1. The molecule has 0 radical (unpaired) electrons. The first-order valence-electron chi connectivity index (χ1n) is 11.1. The van der Waals surface area contributed by atoms with E-state index in [0.717, 1.165) is 45.2 Å². The zero-order valence-electron chi connectivity index (χ0n) is 17.7. The van der Waals surface area contributed by atoms with E-state index < -0.39 is 10.0 Å². The number of sulfonamides is 1. The van der Waals surface area contributed by atoms with Crippen molar-refractivity contribution in [2.45, 2.75) is 43.1 Å². The van der Waals surface area contributed by atoms with Gasteiger partial charge in [0.25, 0.3) is 5.91 Å². The standard InChI is InChI=1S/C24H30N2O4S/c27-24(26-14-12-20(13-15-26)17-19-5-2-1-3-6-19)21-8-10-23(11-9-21)31(28,29)25-18-22-7-4-16-30-22/h1-3,5-6,8-11,20,22,25H,4,7,12-18H2. The molecule has 2 aromatic carbocycles. The predicted octanol–water partition coefficient (Wildman–Crippen LogP) is 3.24. The van der Waals surface area contributed by atoms with Crippen LogP contribution in [0.5, 0.6) is 0 Å². The molecule has 2 heterocycles. The van der Waals surface area contributed by atoms with Crippen molar-refractivity contribution in [3.63, 3.8) is 0 Å². The van der Waals surface area contributed by atoms with Gasteiger partial charge < -0.3 is 9.64 Å². The molecule has 1 amide bonds. The van der Waals surface area contributed by atoms with Crippen LogP contribution in [-0.4, -0.2) is 51.6 Å². The molecule has 1 N–H and O–H groups in total. The quantitative estimate of drug-likeness (QED) is 0.714. The molecule has 0 spiro atoms. The minimum atomic E-state index is -3.61. The van der Waals surface area contributed by atoms with Crippen LogP contribution in [0.3, 0.4) is 0 Å². The summed E-state index contributed by atoms with van der Waals surface area (Å²) in [6, 6.07) is 16.7. The molecule has 2 fully saturated rings. The summed E-state index contributed by atoms with van der Waals surface area (Å²) in [6.07, 6.45) is 4.81. The van der Waals surface area contributed by atoms with Gasteiger partial charge in [-0.25, -0.2) is 13.1 Å². The first kappa shape index (κ1) is 22.0. The highest BCUT2D eigenvalue weighted by molar-refractivity contribution is 7.89. The van der Waals surface area contributed by atoms with Crippen molar-refractivity contribution in [1.29, 1.82) is 0 Å². The number of piperidine rings is 1. The van der Waals surface area contributed by atoms with E-state index in [1.54, 1.807) is 12.1 Å². The van der Waals surface area contributed by atoms with Gasteiger partial charge in [0, 0.05) is 31.8 Å². The van der Waals surface area contributed by atoms with Gasteiger partial charge in [0.15, 0.2) is 0 Å². The van der Waals surface area contributed by atoms with E-state index in [1.165, 1.54) is 17.7 Å². The number of amides is 1. The maximum absolute atomic E-state index is 12.9. The first-order chi connectivity index (χ1) is 15.0. The Morgan fingerprint density at radius 3 is 2.35 bits per heavy atom. The van der Waals surface area contributed by atoms with Gasteiger partial charge in [-0.1, -0.05) is 30.3 Å². The van der Waals surface area contributed by atoms with Crippen LogP contribution < -0.4 is 4.72 Å². The number of carbonyl (C=O) groups excluding carboxylic acids is 1. The predicted molar refractivity (Wildman–Crippen MR) is 119 cm³/mol. The highest BCUT2D eigenvalue weighted by Crippen LogP contribution is 2.23. The van der Waals surface area contributed by atoms with Gasteiger partial charge >= 0.3 is 0 Å². The smallest absolute Gasteiger partial charge is 0.253 e. The van der Waals surface area contributed by atoms with Crippen LogP contribution in [0.4, 0.5) is 0 Å². The topological polar surface area (TPSA) is 75.7 Å². The van der Waals surface area contributed by atoms with Crippen LogP contribution in [0.1, 0.15) is 41.6 Å². The highest BCUT2D eigenvalue weighted by atomic mass is 32.2. The van der Waals surface area contributed by atoms with Crippen LogP contribution in [-0.2, 0) is 21.2 Å². The Bertz CT molecular complexity index is 962. The van der Waals surface area contributed by atoms with E-state index in [-0.39, 0.29) is 23.5 Å². The van der Waals surface area contributed by atoms with E-state index >= 15 is 0 Å². The Morgan fingerprint density at radius 2 is 1.71 bits per heavy atom. The van der Waals surface area contributed by atoms with E-state index in [2.05, 4.69) is 29.0 Å². The molecule has 2 aliphatic heterocycles. The number of rotatable bonds is 7. The average Bonchev–Trinajstić information content (AvgIpc) is 3.33. The zero-order valence-corrected chi connectivity index (χ0v) is 18.5. The fourth-order valence-electron chi connectivity index (χ4n) is 4.34. The molecule has 4 rings (SSSR count). The Morgan fingerprint density at radius 1 is 1.00 bits per heavy atom. The maximum atomic E-state index is 12.9. The minimum Gasteiger partial charge on any atom is -0.377 e. The molecule has 31 heavy (non-hydrogen) atoms. The van der Waals surface area contributed by atoms with Crippen LogP contribution in [0.2, 0.25) is 0 Å². The molecule has 2 aliphatic rings. The van der Waals surface area contributed by atoms with Crippen LogP contribution in [0, 0.1) is 5.92 Å². The van der Waals surface area contributed by atoms with Crippen molar-refractivity contribution >= 4 is 15.9 Å². The summed E-state index contributed by atoms with van der Waals surface area (Å²) in [5.41, 5.74) is 1.87. The van der Waals surface area contributed by atoms with Crippen molar-refractivity contribution in [2.75, 3.05) is 26.2 Å². The molecule has 1 unspecified atom stereocenters. The molecule has 0 aliphatic carbocycles. The van der Waals surface area contributed by atoms with Crippen molar-refractivity contribution < 1.29 is 17.9 Å². The molecule has 2 saturated heterocycles. The lowest BCUT2D eigenvalue weighted by atomic mass is 9.90. The molecular formula is C24H30N2O4S. The number of ether oxygens (including phenoxy) is 1. The third kappa shape index (κ3) is 5.73.